The summed E-state index contributed by atoms with van der Waals surface area (Å²) in [6.07, 6.45) is 3.89. The smallest absolute Gasteiger partial charge is 0.410 e. The predicted octanol–water partition coefficient (Wildman–Crippen LogP) is 5.03. The van der Waals surface area contributed by atoms with Crippen molar-refractivity contribution < 1.29 is 14.6 Å². The number of hydrogen-bond donors (Lipinski definition) is 1. The Morgan fingerprint density at radius 1 is 1.11 bits per heavy atom. The minimum Gasteiger partial charge on any atom is -0.448 e. The summed E-state index contributed by atoms with van der Waals surface area (Å²) in [5, 5.41) is 20.7. The van der Waals surface area contributed by atoms with Crippen LogP contribution < -0.4 is 0 Å². The van der Waals surface area contributed by atoms with Gasteiger partial charge in [-0.05, 0) is 53.6 Å². The van der Waals surface area contributed by atoms with E-state index in [0.29, 0.717) is 25.1 Å². The molecule has 1 amide bonds. The van der Waals surface area contributed by atoms with Crippen LogP contribution in [-0.4, -0.2) is 39.8 Å². The van der Waals surface area contributed by atoms with Crippen molar-refractivity contribution in [2.75, 3.05) is 6.61 Å². The van der Waals surface area contributed by atoms with Crippen LogP contribution in [0.3, 0.4) is 0 Å². The van der Waals surface area contributed by atoms with Crippen molar-refractivity contribution >= 4 is 6.09 Å². The summed E-state index contributed by atoms with van der Waals surface area (Å²) in [6.45, 7) is 2.13. The molecule has 2 aliphatic heterocycles. The number of aliphatic hydroxyl groups is 1. The lowest BCUT2D eigenvalue weighted by atomic mass is 9.81. The van der Waals surface area contributed by atoms with E-state index >= 15 is 0 Å². The van der Waals surface area contributed by atoms with Gasteiger partial charge in [0.15, 0.2) is 0 Å². The van der Waals surface area contributed by atoms with Gasteiger partial charge >= 0.3 is 6.09 Å². The van der Waals surface area contributed by atoms with E-state index in [2.05, 4.69) is 35.3 Å². The molecule has 0 spiro atoms. The Balaban J connectivity index is 1.18. The maximum atomic E-state index is 13.3. The molecule has 2 bridgehead atoms. The highest BCUT2D eigenvalue weighted by molar-refractivity contribution is 5.79. The number of carbonyl (C=O) groups excluding carboxylic acids is 1. The third-order valence-electron chi connectivity index (χ3n) is 8.03. The maximum absolute atomic E-state index is 13.3. The highest BCUT2D eigenvalue weighted by Gasteiger charge is 2.51. The Labute approximate surface area is 204 Å². The van der Waals surface area contributed by atoms with E-state index < -0.39 is 5.60 Å². The van der Waals surface area contributed by atoms with Crippen molar-refractivity contribution in [1.82, 2.24) is 9.88 Å². The van der Waals surface area contributed by atoms with Gasteiger partial charge in [0, 0.05) is 42.6 Å². The van der Waals surface area contributed by atoms with E-state index in [0.717, 1.165) is 24.0 Å². The first-order valence-corrected chi connectivity index (χ1v) is 12.2. The minimum absolute atomic E-state index is 0.0263. The normalized spacial score (nSPS) is 24.5. The lowest BCUT2D eigenvalue weighted by Crippen LogP contribution is -2.52. The van der Waals surface area contributed by atoms with Crippen molar-refractivity contribution in [3.05, 3.63) is 88.7 Å². The first-order chi connectivity index (χ1) is 17.0. The molecule has 1 aliphatic carbocycles. The van der Waals surface area contributed by atoms with Gasteiger partial charge in [0.1, 0.15) is 18.4 Å². The fraction of sp³-hybridized carbons (Fsp3) is 0.345. The predicted molar refractivity (Wildman–Crippen MR) is 131 cm³/mol. The van der Waals surface area contributed by atoms with E-state index in [1.807, 2.05) is 42.2 Å². The number of rotatable bonds is 3. The van der Waals surface area contributed by atoms with Gasteiger partial charge in [-0.3, -0.25) is 0 Å². The number of hydrogen-bond acceptors (Lipinski definition) is 5. The fourth-order valence-electron chi connectivity index (χ4n) is 6.37. The minimum atomic E-state index is -1.06. The van der Waals surface area contributed by atoms with Crippen LogP contribution in [0.25, 0.3) is 11.1 Å². The van der Waals surface area contributed by atoms with Crippen molar-refractivity contribution in [3.8, 4) is 17.2 Å². The van der Waals surface area contributed by atoms with Gasteiger partial charge in [0.2, 0.25) is 0 Å². The molecule has 1 N–H and O–H groups in total. The molecule has 2 atom stereocenters. The van der Waals surface area contributed by atoms with Crippen molar-refractivity contribution in [2.24, 2.45) is 0 Å². The highest BCUT2D eigenvalue weighted by Crippen LogP contribution is 2.47. The fourth-order valence-corrected chi connectivity index (χ4v) is 6.37. The molecule has 1 aromatic heterocycles. The monoisotopic (exact) mass is 465 g/mol. The second kappa shape index (κ2) is 8.21. The summed E-state index contributed by atoms with van der Waals surface area (Å²) >= 11 is 0. The summed E-state index contributed by atoms with van der Waals surface area (Å²) in [5.41, 5.74) is 5.59. The van der Waals surface area contributed by atoms with E-state index in [1.54, 1.807) is 6.20 Å². The largest absolute Gasteiger partial charge is 0.448 e. The van der Waals surface area contributed by atoms with Crippen LogP contribution in [0.4, 0.5) is 4.79 Å². The molecule has 0 radical (unpaired) electrons. The third kappa shape index (κ3) is 3.50. The zero-order valence-corrected chi connectivity index (χ0v) is 19.6. The van der Waals surface area contributed by atoms with Crippen molar-refractivity contribution in [1.29, 1.82) is 5.26 Å². The molecule has 35 heavy (non-hydrogen) atoms. The Bertz CT molecular complexity index is 1300. The maximum Gasteiger partial charge on any atom is 0.410 e. The number of nitriles is 1. The molecule has 176 valence electrons. The number of benzene rings is 2. The van der Waals surface area contributed by atoms with Gasteiger partial charge in [-0.2, -0.15) is 5.26 Å². The number of aromatic nitrogens is 1. The van der Waals surface area contributed by atoms with Gasteiger partial charge in [-0.1, -0.05) is 48.5 Å². The van der Waals surface area contributed by atoms with Crippen LogP contribution in [-0.2, 0) is 10.3 Å². The number of amides is 1. The number of ether oxygens (including phenoxy) is 1. The Morgan fingerprint density at radius 3 is 2.29 bits per heavy atom. The third-order valence-corrected chi connectivity index (χ3v) is 8.03. The van der Waals surface area contributed by atoms with Crippen LogP contribution in [0.5, 0.6) is 0 Å². The van der Waals surface area contributed by atoms with Crippen molar-refractivity contribution in [3.63, 3.8) is 0 Å². The molecule has 6 nitrogen and oxygen atoms in total. The van der Waals surface area contributed by atoms with Gasteiger partial charge in [-0.15, -0.1) is 0 Å². The van der Waals surface area contributed by atoms with Gasteiger partial charge in [0.05, 0.1) is 5.60 Å². The molecular weight excluding hydrogens is 438 g/mol. The first-order valence-electron chi connectivity index (χ1n) is 12.2. The van der Waals surface area contributed by atoms with Crippen LogP contribution in [0, 0.1) is 18.3 Å². The lowest BCUT2D eigenvalue weighted by molar-refractivity contribution is -0.0533. The molecule has 2 saturated heterocycles. The average molecular weight is 466 g/mol. The van der Waals surface area contributed by atoms with Crippen LogP contribution in [0.2, 0.25) is 0 Å². The number of piperidine rings is 1. The quantitative estimate of drug-likeness (QED) is 0.587. The molecule has 0 saturated carbocycles. The average Bonchev–Trinajstić information content (AvgIpc) is 3.34. The summed E-state index contributed by atoms with van der Waals surface area (Å²) in [6, 6.07) is 20.4. The summed E-state index contributed by atoms with van der Waals surface area (Å²) in [5.74, 6) is 0.0263. The molecule has 6 heteroatoms. The van der Waals surface area contributed by atoms with Gasteiger partial charge in [0.25, 0.3) is 0 Å². The molecule has 3 aromatic rings. The second-order valence-electron chi connectivity index (χ2n) is 10.0. The summed E-state index contributed by atoms with van der Waals surface area (Å²) < 4.78 is 5.94. The Morgan fingerprint density at radius 2 is 1.71 bits per heavy atom. The molecule has 2 aromatic carbocycles. The number of carbonyl (C=O) groups is 1. The molecule has 2 fully saturated rings. The Kier molecular flexibility index (Phi) is 5.12. The lowest BCUT2D eigenvalue weighted by Gasteiger charge is -2.43. The first kappa shape index (κ1) is 21.8. The highest BCUT2D eigenvalue weighted by atomic mass is 16.6. The van der Waals surface area contributed by atoms with Gasteiger partial charge in [-0.25, -0.2) is 9.78 Å². The van der Waals surface area contributed by atoms with E-state index in [4.69, 9.17) is 4.74 Å². The number of nitrogens with zero attached hydrogens (tertiary/aromatic N) is 3. The van der Waals surface area contributed by atoms with Crippen LogP contribution in [0.15, 0.2) is 60.8 Å². The van der Waals surface area contributed by atoms with Crippen molar-refractivity contribution in [2.45, 2.75) is 56.2 Å². The Hall–Kier alpha value is -3.69. The zero-order chi connectivity index (χ0) is 24.2. The summed E-state index contributed by atoms with van der Waals surface area (Å²) in [4.78, 5) is 19.4. The molecule has 2 unspecified atom stereocenters. The van der Waals surface area contributed by atoms with Gasteiger partial charge < -0.3 is 14.7 Å². The standard InChI is InChI=1S/C29H27N3O3/c1-18-12-19(16-31-27(18)15-30)29(34)13-20-10-11-21(14-29)32(20)28(33)35-17-26-24-8-4-2-6-22(24)23-7-3-5-9-25(23)26/h2-9,12,16,20-21,26,34H,10-11,13-14,17H2,1H3. The zero-order valence-electron chi connectivity index (χ0n) is 19.6. The SMILES string of the molecule is Cc1cc(C2(O)CC3CCC(C2)N3C(=O)OCC2c3ccccc3-c3ccccc32)cnc1C#N. The summed E-state index contributed by atoms with van der Waals surface area (Å²) in [7, 11) is 0. The number of aryl methyl sites for hydroxylation is 1. The van der Waals surface area contributed by atoms with E-state index in [-0.39, 0.29) is 24.1 Å². The van der Waals surface area contributed by atoms with Crippen LogP contribution >= 0.6 is 0 Å². The molecule has 6 rings (SSSR count). The van der Waals surface area contributed by atoms with E-state index in [9.17, 15) is 15.2 Å². The number of pyridine rings is 1. The molecular formula is C29H27N3O3. The molecule has 3 aliphatic rings. The van der Waals surface area contributed by atoms with E-state index in [1.165, 1.54) is 22.3 Å². The number of fused-ring (bicyclic) bond motifs is 5. The second-order valence-corrected chi connectivity index (χ2v) is 10.0. The topological polar surface area (TPSA) is 86.4 Å². The van der Waals surface area contributed by atoms with Crippen LogP contribution in [0.1, 0.15) is 59.5 Å². The molecule has 3 heterocycles.